The highest BCUT2D eigenvalue weighted by Crippen LogP contribution is 2.42. The van der Waals surface area contributed by atoms with Crippen LogP contribution in [0.1, 0.15) is 31.4 Å². The average Bonchev–Trinajstić information content (AvgIpc) is 2.97. The molecule has 1 aromatic carbocycles. The lowest BCUT2D eigenvalue weighted by molar-refractivity contribution is 0.105. The normalized spacial score (nSPS) is 20.0. The summed E-state index contributed by atoms with van der Waals surface area (Å²) < 4.78 is 25.8. The SMILES string of the molecule is CC(C1CC1)C(O)c1cc(F)cc(F)c1. The van der Waals surface area contributed by atoms with Crippen LogP contribution in [-0.4, -0.2) is 5.11 Å². The minimum absolute atomic E-state index is 0.0752. The summed E-state index contributed by atoms with van der Waals surface area (Å²) in [4.78, 5) is 0. The van der Waals surface area contributed by atoms with Gasteiger partial charge >= 0.3 is 0 Å². The number of aliphatic hydroxyl groups is 1. The summed E-state index contributed by atoms with van der Waals surface area (Å²) in [7, 11) is 0. The molecule has 0 bridgehead atoms. The highest BCUT2D eigenvalue weighted by Gasteiger charge is 2.33. The van der Waals surface area contributed by atoms with Crippen LogP contribution in [0.2, 0.25) is 0 Å². The summed E-state index contributed by atoms with van der Waals surface area (Å²) in [6.07, 6.45) is 1.45. The van der Waals surface area contributed by atoms with E-state index in [1.54, 1.807) is 0 Å². The van der Waals surface area contributed by atoms with Crippen molar-refractivity contribution in [2.75, 3.05) is 0 Å². The molecule has 0 saturated heterocycles. The van der Waals surface area contributed by atoms with E-state index in [2.05, 4.69) is 0 Å². The Balaban J connectivity index is 2.19. The van der Waals surface area contributed by atoms with Crippen molar-refractivity contribution in [3.05, 3.63) is 35.4 Å². The largest absolute Gasteiger partial charge is 0.388 e. The second-order valence-electron chi connectivity index (χ2n) is 4.34. The van der Waals surface area contributed by atoms with Crippen LogP contribution in [0, 0.1) is 23.5 Å². The van der Waals surface area contributed by atoms with Gasteiger partial charge in [-0.25, -0.2) is 8.78 Å². The Kier molecular flexibility index (Phi) is 2.74. The van der Waals surface area contributed by atoms with Crippen molar-refractivity contribution in [1.29, 1.82) is 0 Å². The van der Waals surface area contributed by atoms with Crippen molar-refractivity contribution >= 4 is 0 Å². The fraction of sp³-hybridized carbons (Fsp3) is 0.500. The molecule has 1 aliphatic carbocycles. The molecule has 1 nitrogen and oxygen atoms in total. The Hall–Kier alpha value is -0.960. The zero-order valence-corrected chi connectivity index (χ0v) is 8.58. The molecule has 1 fully saturated rings. The van der Waals surface area contributed by atoms with E-state index in [0.29, 0.717) is 11.5 Å². The summed E-state index contributed by atoms with van der Waals surface area (Å²) in [5.41, 5.74) is 0.340. The van der Waals surface area contributed by atoms with Crippen LogP contribution >= 0.6 is 0 Å². The van der Waals surface area contributed by atoms with Gasteiger partial charge in [0.15, 0.2) is 0 Å². The van der Waals surface area contributed by atoms with E-state index in [-0.39, 0.29) is 5.92 Å². The van der Waals surface area contributed by atoms with Gasteiger partial charge in [0.05, 0.1) is 6.10 Å². The highest BCUT2D eigenvalue weighted by atomic mass is 19.1. The van der Waals surface area contributed by atoms with Gasteiger partial charge in [0.25, 0.3) is 0 Å². The number of hydrogen-bond donors (Lipinski definition) is 1. The molecule has 1 aromatic rings. The molecule has 2 atom stereocenters. The molecule has 0 spiro atoms. The third-order valence-electron chi connectivity index (χ3n) is 3.09. The Bertz CT molecular complexity index is 340. The summed E-state index contributed by atoms with van der Waals surface area (Å²) in [5.74, 6) is -0.684. The molecular weight excluding hydrogens is 198 g/mol. The third kappa shape index (κ3) is 2.34. The van der Waals surface area contributed by atoms with Gasteiger partial charge in [-0.2, -0.15) is 0 Å². The number of halogens is 2. The van der Waals surface area contributed by atoms with Crippen molar-refractivity contribution in [1.82, 2.24) is 0 Å². The molecule has 15 heavy (non-hydrogen) atoms. The Morgan fingerprint density at radius 1 is 1.20 bits per heavy atom. The van der Waals surface area contributed by atoms with Crippen molar-refractivity contribution in [3.8, 4) is 0 Å². The molecule has 0 aliphatic heterocycles. The van der Waals surface area contributed by atoms with Crippen molar-refractivity contribution in [2.24, 2.45) is 11.8 Å². The highest BCUT2D eigenvalue weighted by molar-refractivity contribution is 5.21. The maximum atomic E-state index is 12.9. The smallest absolute Gasteiger partial charge is 0.126 e. The van der Waals surface area contributed by atoms with Gasteiger partial charge in [-0.15, -0.1) is 0 Å². The monoisotopic (exact) mass is 212 g/mol. The van der Waals surface area contributed by atoms with Crippen LogP contribution in [0.4, 0.5) is 8.78 Å². The molecule has 1 N–H and O–H groups in total. The first-order valence-corrected chi connectivity index (χ1v) is 5.22. The first-order chi connectivity index (χ1) is 7.08. The minimum atomic E-state index is -0.761. The van der Waals surface area contributed by atoms with Crippen LogP contribution in [0.25, 0.3) is 0 Å². The van der Waals surface area contributed by atoms with Crippen molar-refractivity contribution < 1.29 is 13.9 Å². The van der Waals surface area contributed by atoms with E-state index in [9.17, 15) is 13.9 Å². The molecule has 1 aliphatic rings. The second-order valence-corrected chi connectivity index (χ2v) is 4.34. The summed E-state index contributed by atoms with van der Waals surface area (Å²) >= 11 is 0. The Labute approximate surface area is 87.7 Å². The van der Waals surface area contributed by atoms with Crippen LogP contribution in [-0.2, 0) is 0 Å². The van der Waals surface area contributed by atoms with Crippen molar-refractivity contribution in [2.45, 2.75) is 25.9 Å². The number of benzene rings is 1. The van der Waals surface area contributed by atoms with E-state index in [1.807, 2.05) is 6.92 Å². The number of rotatable bonds is 3. The summed E-state index contributed by atoms with van der Waals surface area (Å²) in [6.45, 7) is 1.92. The molecule has 0 amide bonds. The third-order valence-corrected chi connectivity index (χ3v) is 3.09. The van der Waals surface area contributed by atoms with Crippen molar-refractivity contribution in [3.63, 3.8) is 0 Å². The van der Waals surface area contributed by atoms with Crippen LogP contribution < -0.4 is 0 Å². The molecular formula is C12H14F2O. The maximum absolute atomic E-state index is 12.9. The van der Waals surface area contributed by atoms with Gasteiger partial charge in [0.2, 0.25) is 0 Å². The predicted molar refractivity (Wildman–Crippen MR) is 53.2 cm³/mol. The lowest BCUT2D eigenvalue weighted by atomic mass is 9.93. The molecule has 82 valence electrons. The molecule has 0 radical (unpaired) electrons. The lowest BCUT2D eigenvalue weighted by Gasteiger charge is -2.18. The zero-order valence-electron chi connectivity index (χ0n) is 8.58. The first-order valence-electron chi connectivity index (χ1n) is 5.22. The van der Waals surface area contributed by atoms with E-state index in [4.69, 9.17) is 0 Å². The fourth-order valence-corrected chi connectivity index (χ4v) is 1.93. The van der Waals surface area contributed by atoms with Gasteiger partial charge in [0, 0.05) is 6.07 Å². The van der Waals surface area contributed by atoms with Crippen LogP contribution in [0.15, 0.2) is 18.2 Å². The maximum Gasteiger partial charge on any atom is 0.126 e. The van der Waals surface area contributed by atoms with E-state index < -0.39 is 17.7 Å². The number of aliphatic hydroxyl groups excluding tert-OH is 1. The Morgan fingerprint density at radius 2 is 1.73 bits per heavy atom. The zero-order chi connectivity index (χ0) is 11.0. The van der Waals surface area contributed by atoms with E-state index in [1.165, 1.54) is 12.1 Å². The number of hydrogen-bond acceptors (Lipinski definition) is 1. The van der Waals surface area contributed by atoms with Gasteiger partial charge in [-0.3, -0.25) is 0 Å². The quantitative estimate of drug-likeness (QED) is 0.816. The minimum Gasteiger partial charge on any atom is -0.388 e. The standard InChI is InChI=1S/C12H14F2O/c1-7(8-2-3-8)12(15)9-4-10(13)6-11(14)5-9/h4-8,12,15H,2-3H2,1H3. The van der Waals surface area contributed by atoms with Gasteiger partial charge < -0.3 is 5.11 Å². The molecule has 2 rings (SSSR count). The molecule has 3 heteroatoms. The topological polar surface area (TPSA) is 20.2 Å². The Morgan fingerprint density at radius 3 is 2.20 bits per heavy atom. The summed E-state index contributed by atoms with van der Waals surface area (Å²) in [5, 5.41) is 9.92. The first kappa shape index (κ1) is 10.6. The molecule has 0 heterocycles. The van der Waals surface area contributed by atoms with E-state index >= 15 is 0 Å². The van der Waals surface area contributed by atoms with Crippen LogP contribution in [0.5, 0.6) is 0 Å². The molecule has 1 saturated carbocycles. The fourth-order valence-electron chi connectivity index (χ4n) is 1.93. The average molecular weight is 212 g/mol. The van der Waals surface area contributed by atoms with Gasteiger partial charge in [-0.1, -0.05) is 6.92 Å². The predicted octanol–water partition coefficient (Wildman–Crippen LogP) is 3.04. The van der Waals surface area contributed by atoms with Crippen LogP contribution in [0.3, 0.4) is 0 Å². The van der Waals surface area contributed by atoms with Gasteiger partial charge in [-0.05, 0) is 42.4 Å². The lowest BCUT2D eigenvalue weighted by Crippen LogP contribution is -2.11. The molecule has 2 unspecified atom stereocenters. The molecule has 0 aromatic heterocycles. The summed E-state index contributed by atoms with van der Waals surface area (Å²) in [6, 6.07) is 3.22. The van der Waals surface area contributed by atoms with Gasteiger partial charge in [0.1, 0.15) is 11.6 Å². The second kappa shape index (κ2) is 3.89. The van der Waals surface area contributed by atoms with E-state index in [0.717, 1.165) is 18.9 Å².